The second-order valence-electron chi connectivity index (χ2n) is 7.87. The topological polar surface area (TPSA) is 74.9 Å². The minimum atomic E-state index is -0.408. The molecule has 138 valence electrons. The Kier molecular flexibility index (Phi) is 3.47. The lowest BCUT2D eigenvalue weighted by molar-refractivity contribution is 0.102. The Morgan fingerprint density at radius 2 is 1.96 bits per heavy atom. The van der Waals surface area contributed by atoms with Crippen LogP contribution in [0.15, 0.2) is 53.5 Å². The Labute approximate surface area is 162 Å². The first-order chi connectivity index (χ1) is 13.5. The molecule has 1 atom stereocenters. The van der Waals surface area contributed by atoms with Crippen LogP contribution in [0.5, 0.6) is 0 Å². The minimum absolute atomic E-state index is 0.151. The molecule has 1 saturated carbocycles. The van der Waals surface area contributed by atoms with Gasteiger partial charge in [-0.2, -0.15) is 5.26 Å². The lowest BCUT2D eigenvalue weighted by Gasteiger charge is -2.13. The van der Waals surface area contributed by atoms with Crippen molar-refractivity contribution < 1.29 is 4.79 Å². The van der Waals surface area contributed by atoms with Gasteiger partial charge in [0.1, 0.15) is 5.56 Å². The van der Waals surface area contributed by atoms with Gasteiger partial charge in [0, 0.05) is 23.3 Å². The molecular formula is C23H19N3O2. The molecule has 1 aromatic heterocycles. The van der Waals surface area contributed by atoms with E-state index in [0.29, 0.717) is 11.1 Å². The first-order valence-corrected chi connectivity index (χ1v) is 9.52. The molecule has 5 rings (SSSR count). The fourth-order valence-corrected chi connectivity index (χ4v) is 4.24. The van der Waals surface area contributed by atoms with Crippen LogP contribution < -0.4 is 10.7 Å². The van der Waals surface area contributed by atoms with Crippen LogP contribution in [0, 0.1) is 11.3 Å². The third-order valence-corrected chi connectivity index (χ3v) is 6.03. The Morgan fingerprint density at radius 1 is 1.21 bits per heavy atom. The number of carbonyl (C=O) groups excluding carboxylic acids is 1. The van der Waals surface area contributed by atoms with Gasteiger partial charge in [0.15, 0.2) is 0 Å². The molecule has 1 fully saturated rings. The summed E-state index contributed by atoms with van der Waals surface area (Å²) in [6, 6.07) is 15.6. The average Bonchev–Trinajstić information content (AvgIpc) is 3.44. The van der Waals surface area contributed by atoms with E-state index in [1.165, 1.54) is 0 Å². The summed E-state index contributed by atoms with van der Waals surface area (Å²) < 4.78 is 2.04. The van der Waals surface area contributed by atoms with Crippen molar-refractivity contribution >= 4 is 22.5 Å². The summed E-state index contributed by atoms with van der Waals surface area (Å²) in [4.78, 5) is 25.8. The molecule has 1 aliphatic heterocycles. The standard InChI is InChI=1S/C23H19N3O2/c1-14-11-15-3-2-4-18-20(15)26(14)12-19(21(18)27)22(28)25-17-7-5-16(6-8-17)23(13-24)9-10-23/h2-8,12,14H,9-11H2,1H3,(H,25,28). The van der Waals surface area contributed by atoms with Gasteiger partial charge in [0.2, 0.25) is 5.43 Å². The zero-order valence-electron chi connectivity index (χ0n) is 15.5. The molecule has 1 amide bonds. The van der Waals surface area contributed by atoms with E-state index >= 15 is 0 Å². The maximum Gasteiger partial charge on any atom is 0.261 e. The summed E-state index contributed by atoms with van der Waals surface area (Å²) in [5.74, 6) is -0.408. The number of nitriles is 1. The van der Waals surface area contributed by atoms with Crippen LogP contribution >= 0.6 is 0 Å². The number of carbonyl (C=O) groups is 1. The predicted octanol–water partition coefficient (Wildman–Crippen LogP) is 3.93. The number of nitrogens with zero attached hydrogens (tertiary/aromatic N) is 2. The number of aromatic nitrogens is 1. The fraction of sp³-hybridized carbons (Fsp3) is 0.261. The lowest BCUT2D eigenvalue weighted by Crippen LogP contribution is -2.23. The minimum Gasteiger partial charge on any atom is -0.343 e. The number of hydrogen-bond donors (Lipinski definition) is 1. The number of pyridine rings is 1. The summed E-state index contributed by atoms with van der Waals surface area (Å²) in [5, 5.41) is 12.7. The van der Waals surface area contributed by atoms with Gasteiger partial charge in [0.25, 0.3) is 5.91 Å². The van der Waals surface area contributed by atoms with Crippen molar-refractivity contribution in [2.45, 2.75) is 37.6 Å². The Bertz CT molecular complexity index is 1230. The molecule has 28 heavy (non-hydrogen) atoms. The van der Waals surface area contributed by atoms with Crippen LogP contribution in [0.4, 0.5) is 5.69 Å². The zero-order valence-corrected chi connectivity index (χ0v) is 15.5. The SMILES string of the molecule is CC1Cc2cccc3c(=O)c(C(=O)Nc4ccc(C5(C#N)CC5)cc4)cn1c23. The van der Waals surface area contributed by atoms with Crippen LogP contribution in [0.25, 0.3) is 10.9 Å². The molecule has 0 spiro atoms. The number of nitrogens with one attached hydrogen (secondary N) is 1. The smallest absolute Gasteiger partial charge is 0.261 e. The van der Waals surface area contributed by atoms with Gasteiger partial charge in [-0.15, -0.1) is 0 Å². The van der Waals surface area contributed by atoms with Gasteiger partial charge in [-0.1, -0.05) is 24.3 Å². The van der Waals surface area contributed by atoms with E-state index in [-0.39, 0.29) is 22.4 Å². The number of anilines is 1. The molecule has 2 aromatic carbocycles. The normalized spacial score (nSPS) is 18.6. The second kappa shape index (κ2) is 5.80. The van der Waals surface area contributed by atoms with Crippen LogP contribution in [-0.4, -0.2) is 10.5 Å². The molecule has 5 heteroatoms. The lowest BCUT2D eigenvalue weighted by atomic mass is 9.97. The van der Waals surface area contributed by atoms with Crippen molar-refractivity contribution in [3.8, 4) is 6.07 Å². The summed E-state index contributed by atoms with van der Waals surface area (Å²) in [6.07, 6.45) is 4.31. The van der Waals surface area contributed by atoms with E-state index in [0.717, 1.165) is 35.9 Å². The van der Waals surface area contributed by atoms with Crippen molar-refractivity contribution in [1.29, 1.82) is 5.26 Å². The van der Waals surface area contributed by atoms with Crippen molar-refractivity contribution in [3.63, 3.8) is 0 Å². The molecule has 1 aliphatic carbocycles. The first-order valence-electron chi connectivity index (χ1n) is 9.52. The van der Waals surface area contributed by atoms with E-state index in [2.05, 4.69) is 18.3 Å². The molecule has 0 radical (unpaired) electrons. The number of amides is 1. The summed E-state index contributed by atoms with van der Waals surface area (Å²) in [5.41, 5.74) is 3.25. The summed E-state index contributed by atoms with van der Waals surface area (Å²) in [6.45, 7) is 2.09. The summed E-state index contributed by atoms with van der Waals surface area (Å²) >= 11 is 0. The molecule has 0 saturated heterocycles. The van der Waals surface area contributed by atoms with E-state index < -0.39 is 5.91 Å². The molecule has 1 unspecified atom stereocenters. The quantitative estimate of drug-likeness (QED) is 0.760. The molecule has 3 aromatic rings. The predicted molar refractivity (Wildman–Crippen MR) is 108 cm³/mol. The van der Waals surface area contributed by atoms with E-state index in [9.17, 15) is 14.9 Å². The third-order valence-electron chi connectivity index (χ3n) is 6.03. The second-order valence-corrected chi connectivity index (χ2v) is 7.87. The van der Waals surface area contributed by atoms with Gasteiger partial charge in [-0.25, -0.2) is 0 Å². The highest BCUT2D eigenvalue weighted by atomic mass is 16.2. The Morgan fingerprint density at radius 3 is 2.64 bits per heavy atom. The molecule has 0 bridgehead atoms. The Hall–Kier alpha value is -3.39. The molecule has 1 N–H and O–H groups in total. The van der Waals surface area contributed by atoms with E-state index in [1.807, 2.05) is 28.8 Å². The van der Waals surface area contributed by atoms with Gasteiger partial charge >= 0.3 is 0 Å². The van der Waals surface area contributed by atoms with Crippen LogP contribution in [-0.2, 0) is 11.8 Å². The van der Waals surface area contributed by atoms with Gasteiger partial charge in [-0.05, 0) is 55.5 Å². The number of para-hydroxylation sites is 1. The number of hydrogen-bond acceptors (Lipinski definition) is 3. The highest BCUT2D eigenvalue weighted by molar-refractivity contribution is 6.06. The van der Waals surface area contributed by atoms with Gasteiger partial charge in [0.05, 0.1) is 17.0 Å². The van der Waals surface area contributed by atoms with Gasteiger partial charge in [-0.3, -0.25) is 9.59 Å². The third kappa shape index (κ3) is 2.38. The first kappa shape index (κ1) is 16.8. The maximum atomic E-state index is 12.9. The van der Waals surface area contributed by atoms with Crippen LogP contribution in [0.3, 0.4) is 0 Å². The van der Waals surface area contributed by atoms with Crippen molar-refractivity contribution in [2.75, 3.05) is 5.32 Å². The highest BCUT2D eigenvalue weighted by Crippen LogP contribution is 2.47. The monoisotopic (exact) mass is 369 g/mol. The largest absolute Gasteiger partial charge is 0.343 e. The molecule has 5 nitrogen and oxygen atoms in total. The van der Waals surface area contributed by atoms with E-state index in [1.54, 1.807) is 24.4 Å². The fourth-order valence-electron chi connectivity index (χ4n) is 4.24. The van der Waals surface area contributed by atoms with Gasteiger partial charge < -0.3 is 9.88 Å². The molecule has 2 aliphatic rings. The van der Waals surface area contributed by atoms with E-state index in [4.69, 9.17) is 0 Å². The van der Waals surface area contributed by atoms with Crippen molar-refractivity contribution in [3.05, 3.63) is 75.6 Å². The molecule has 2 heterocycles. The van der Waals surface area contributed by atoms with Crippen molar-refractivity contribution in [1.82, 2.24) is 4.57 Å². The van der Waals surface area contributed by atoms with Crippen molar-refractivity contribution in [2.24, 2.45) is 0 Å². The highest BCUT2D eigenvalue weighted by Gasteiger charge is 2.44. The molecular weight excluding hydrogens is 350 g/mol. The summed E-state index contributed by atoms with van der Waals surface area (Å²) in [7, 11) is 0. The maximum absolute atomic E-state index is 12.9. The number of rotatable bonds is 3. The Balaban J connectivity index is 1.48. The van der Waals surface area contributed by atoms with Crippen LogP contribution in [0.2, 0.25) is 0 Å². The number of benzene rings is 2. The van der Waals surface area contributed by atoms with Crippen LogP contribution in [0.1, 0.15) is 47.3 Å². The average molecular weight is 369 g/mol. The zero-order chi connectivity index (χ0) is 19.5.